The van der Waals surface area contributed by atoms with Gasteiger partial charge in [-0.2, -0.15) is 11.3 Å². The van der Waals surface area contributed by atoms with Crippen LogP contribution in [0.2, 0.25) is 0 Å². The molecule has 1 aliphatic carbocycles. The lowest BCUT2D eigenvalue weighted by molar-refractivity contribution is -0.157. The quantitative estimate of drug-likeness (QED) is 0.906. The molecular formula is C16H22N2O2S. The summed E-state index contributed by atoms with van der Waals surface area (Å²) in [7, 11) is 0. The Morgan fingerprint density at radius 3 is 2.76 bits per heavy atom. The van der Waals surface area contributed by atoms with Gasteiger partial charge in [0.2, 0.25) is 11.8 Å². The molecule has 1 aromatic heterocycles. The van der Waals surface area contributed by atoms with Gasteiger partial charge >= 0.3 is 0 Å². The van der Waals surface area contributed by atoms with Crippen molar-refractivity contribution < 1.29 is 9.59 Å². The van der Waals surface area contributed by atoms with Crippen LogP contribution in [0.15, 0.2) is 16.8 Å². The van der Waals surface area contributed by atoms with E-state index in [1.165, 1.54) is 5.56 Å². The molecule has 0 aromatic carbocycles. The number of carbonyl (C=O) groups is 2. The highest BCUT2D eigenvalue weighted by atomic mass is 32.1. The number of rotatable bonds is 5. The van der Waals surface area contributed by atoms with Crippen molar-refractivity contribution in [3.63, 3.8) is 0 Å². The summed E-state index contributed by atoms with van der Waals surface area (Å²) in [5, 5.41) is 7.12. The zero-order valence-corrected chi connectivity index (χ0v) is 13.4. The van der Waals surface area contributed by atoms with E-state index in [1.54, 1.807) is 11.3 Å². The summed E-state index contributed by atoms with van der Waals surface area (Å²) in [5.41, 5.74) is 0.526. The first-order valence-corrected chi connectivity index (χ1v) is 8.64. The van der Waals surface area contributed by atoms with Crippen molar-refractivity contribution in [2.45, 2.75) is 51.1 Å². The van der Waals surface area contributed by atoms with Crippen LogP contribution >= 0.6 is 11.3 Å². The van der Waals surface area contributed by atoms with Crippen molar-refractivity contribution in [2.75, 3.05) is 6.54 Å². The van der Waals surface area contributed by atoms with Crippen molar-refractivity contribution in [3.05, 3.63) is 22.4 Å². The molecule has 1 aliphatic heterocycles. The first-order chi connectivity index (χ1) is 10.1. The lowest BCUT2D eigenvalue weighted by atomic mass is 9.89. The third-order valence-electron chi connectivity index (χ3n) is 4.89. The summed E-state index contributed by atoms with van der Waals surface area (Å²) in [6.45, 7) is 4.48. The zero-order chi connectivity index (χ0) is 15.0. The largest absolute Gasteiger partial charge is 0.342 e. The Morgan fingerprint density at radius 1 is 1.43 bits per heavy atom. The summed E-state index contributed by atoms with van der Waals surface area (Å²) in [5.74, 6) is 0.468. The molecule has 2 fully saturated rings. The Balaban J connectivity index is 1.80. The van der Waals surface area contributed by atoms with E-state index in [0.717, 1.165) is 19.3 Å². The van der Waals surface area contributed by atoms with Crippen LogP contribution in [-0.4, -0.2) is 34.8 Å². The summed E-state index contributed by atoms with van der Waals surface area (Å²) in [6.07, 6.45) is 3.57. The zero-order valence-electron chi connectivity index (χ0n) is 12.6. The van der Waals surface area contributed by atoms with E-state index in [2.05, 4.69) is 16.8 Å². The third kappa shape index (κ3) is 2.59. The maximum Gasteiger partial charge on any atom is 0.246 e. The molecule has 2 aliphatic rings. The fourth-order valence-corrected chi connectivity index (χ4v) is 3.73. The standard InChI is InChI=1S/C16H22N2O2S/c1-3-16(2)15(20)17-13(12-4-5-12)14(19)18(16)8-6-11-7-9-21-10-11/h7,9-10,12-13H,3-6,8H2,1-2H3,(H,17,20). The summed E-state index contributed by atoms with van der Waals surface area (Å²) < 4.78 is 0. The van der Waals surface area contributed by atoms with E-state index in [-0.39, 0.29) is 17.9 Å². The Kier molecular flexibility index (Phi) is 3.78. The number of nitrogens with one attached hydrogen (secondary N) is 1. The summed E-state index contributed by atoms with van der Waals surface area (Å²) >= 11 is 1.67. The van der Waals surface area contributed by atoms with Gasteiger partial charge in [0.15, 0.2) is 0 Å². The SMILES string of the molecule is CCC1(C)C(=O)NC(C2CC2)C(=O)N1CCc1ccsc1. The van der Waals surface area contributed by atoms with Crippen LogP contribution in [0.1, 0.15) is 38.7 Å². The second-order valence-electron chi connectivity index (χ2n) is 6.29. The summed E-state index contributed by atoms with van der Waals surface area (Å²) in [6, 6.07) is 1.79. The van der Waals surface area contributed by atoms with Gasteiger partial charge in [-0.3, -0.25) is 9.59 Å². The predicted octanol–water partition coefficient (Wildman–Crippen LogP) is 2.20. The van der Waals surface area contributed by atoms with Gasteiger partial charge in [-0.25, -0.2) is 0 Å². The number of thiophene rings is 1. The van der Waals surface area contributed by atoms with Gasteiger partial charge in [0.25, 0.3) is 0 Å². The smallest absolute Gasteiger partial charge is 0.246 e. The van der Waals surface area contributed by atoms with Crippen molar-refractivity contribution in [2.24, 2.45) is 5.92 Å². The molecule has 114 valence electrons. The second-order valence-corrected chi connectivity index (χ2v) is 7.07. The Bertz CT molecular complexity index is 538. The molecule has 1 saturated heterocycles. The average molecular weight is 306 g/mol. The highest BCUT2D eigenvalue weighted by Crippen LogP contribution is 2.37. The molecule has 2 atom stereocenters. The molecule has 3 rings (SSSR count). The van der Waals surface area contributed by atoms with Gasteiger partial charge in [0.1, 0.15) is 11.6 Å². The fourth-order valence-electron chi connectivity index (χ4n) is 3.03. The van der Waals surface area contributed by atoms with Crippen LogP contribution in [-0.2, 0) is 16.0 Å². The van der Waals surface area contributed by atoms with Gasteiger partial charge in [0, 0.05) is 6.54 Å². The lowest BCUT2D eigenvalue weighted by Gasteiger charge is -2.46. The van der Waals surface area contributed by atoms with E-state index in [0.29, 0.717) is 18.9 Å². The maximum atomic E-state index is 12.8. The van der Waals surface area contributed by atoms with Crippen LogP contribution in [0.5, 0.6) is 0 Å². The molecule has 2 unspecified atom stereocenters. The van der Waals surface area contributed by atoms with Crippen LogP contribution in [0.3, 0.4) is 0 Å². The van der Waals surface area contributed by atoms with Gasteiger partial charge in [-0.05, 0) is 60.9 Å². The minimum atomic E-state index is -0.710. The van der Waals surface area contributed by atoms with E-state index >= 15 is 0 Å². The highest BCUT2D eigenvalue weighted by molar-refractivity contribution is 7.07. The Hall–Kier alpha value is -1.36. The Labute approximate surface area is 129 Å². The van der Waals surface area contributed by atoms with Crippen LogP contribution in [0.25, 0.3) is 0 Å². The number of nitrogens with zero attached hydrogens (tertiary/aromatic N) is 1. The van der Waals surface area contributed by atoms with Gasteiger partial charge in [0.05, 0.1) is 0 Å². The van der Waals surface area contributed by atoms with E-state index in [1.807, 2.05) is 24.1 Å². The first-order valence-electron chi connectivity index (χ1n) is 7.70. The molecule has 0 radical (unpaired) electrons. The first kappa shape index (κ1) is 14.6. The molecule has 0 bridgehead atoms. The topological polar surface area (TPSA) is 49.4 Å². The monoisotopic (exact) mass is 306 g/mol. The number of hydrogen-bond donors (Lipinski definition) is 1. The molecule has 2 heterocycles. The van der Waals surface area contributed by atoms with Crippen LogP contribution in [0.4, 0.5) is 0 Å². The second kappa shape index (κ2) is 5.44. The van der Waals surface area contributed by atoms with Crippen molar-refractivity contribution in [1.29, 1.82) is 0 Å². The van der Waals surface area contributed by atoms with Crippen molar-refractivity contribution >= 4 is 23.2 Å². The molecule has 1 saturated carbocycles. The normalized spacial score (nSPS) is 29.6. The van der Waals surface area contributed by atoms with Crippen LogP contribution < -0.4 is 5.32 Å². The summed E-state index contributed by atoms with van der Waals surface area (Å²) in [4.78, 5) is 27.1. The molecule has 4 nitrogen and oxygen atoms in total. The van der Waals surface area contributed by atoms with Crippen LogP contribution in [0, 0.1) is 5.92 Å². The van der Waals surface area contributed by atoms with Gasteiger partial charge in [-0.15, -0.1) is 0 Å². The minimum Gasteiger partial charge on any atom is -0.342 e. The molecule has 2 amide bonds. The Morgan fingerprint density at radius 2 is 2.19 bits per heavy atom. The number of carbonyl (C=O) groups excluding carboxylic acids is 2. The maximum absolute atomic E-state index is 12.8. The minimum absolute atomic E-state index is 0.00631. The number of hydrogen-bond acceptors (Lipinski definition) is 3. The fraction of sp³-hybridized carbons (Fsp3) is 0.625. The van der Waals surface area contributed by atoms with Crippen molar-refractivity contribution in [1.82, 2.24) is 10.2 Å². The number of amides is 2. The van der Waals surface area contributed by atoms with Gasteiger partial charge < -0.3 is 10.2 Å². The van der Waals surface area contributed by atoms with E-state index in [4.69, 9.17) is 0 Å². The highest BCUT2D eigenvalue weighted by Gasteiger charge is 2.51. The molecule has 1 N–H and O–H groups in total. The van der Waals surface area contributed by atoms with Gasteiger partial charge in [-0.1, -0.05) is 6.92 Å². The molecule has 1 aromatic rings. The molecular weight excluding hydrogens is 284 g/mol. The van der Waals surface area contributed by atoms with E-state index in [9.17, 15) is 9.59 Å². The molecule has 5 heteroatoms. The van der Waals surface area contributed by atoms with Crippen molar-refractivity contribution in [3.8, 4) is 0 Å². The third-order valence-corrected chi connectivity index (χ3v) is 5.62. The molecule has 0 spiro atoms. The number of piperazine rings is 1. The average Bonchev–Trinajstić information content (AvgIpc) is 3.19. The lowest BCUT2D eigenvalue weighted by Crippen LogP contribution is -2.70. The van der Waals surface area contributed by atoms with E-state index < -0.39 is 5.54 Å². The predicted molar refractivity (Wildman–Crippen MR) is 83.1 cm³/mol. The molecule has 21 heavy (non-hydrogen) atoms.